The van der Waals surface area contributed by atoms with Crippen LogP contribution >= 0.6 is 11.3 Å². The van der Waals surface area contributed by atoms with E-state index in [0.717, 1.165) is 0 Å². The third-order valence-corrected chi connectivity index (χ3v) is 3.43. The summed E-state index contributed by atoms with van der Waals surface area (Å²) < 4.78 is 0. The lowest BCUT2D eigenvalue weighted by atomic mass is 10.1. The number of non-ortho nitro benzene ring substituents is 1. The van der Waals surface area contributed by atoms with Gasteiger partial charge in [-0.1, -0.05) is 0 Å². The van der Waals surface area contributed by atoms with Crippen molar-refractivity contribution in [2.75, 3.05) is 0 Å². The lowest BCUT2D eigenvalue weighted by molar-refractivity contribution is -0.384. The third kappa shape index (κ3) is 2.67. The van der Waals surface area contributed by atoms with Crippen LogP contribution in [0.1, 0.15) is 0 Å². The Morgan fingerprint density at radius 1 is 1.18 bits per heavy atom. The Bertz CT molecular complexity index is 878. The maximum atomic E-state index is 11.8. The first-order valence-corrected chi connectivity index (χ1v) is 6.90. The van der Waals surface area contributed by atoms with Crippen molar-refractivity contribution in [3.05, 3.63) is 56.3 Å². The smallest absolute Gasteiger partial charge is 0.292 e. The molecule has 0 atom stereocenters. The minimum absolute atomic E-state index is 0.0346. The van der Waals surface area contributed by atoms with E-state index in [9.17, 15) is 14.9 Å². The average Bonchev–Trinajstić information content (AvgIpc) is 3.15. The maximum Gasteiger partial charge on any atom is 0.292 e. The van der Waals surface area contributed by atoms with Gasteiger partial charge in [0, 0.05) is 29.3 Å². The molecule has 0 saturated carbocycles. The van der Waals surface area contributed by atoms with E-state index in [1.807, 2.05) is 0 Å². The number of aromatic amines is 2. The third-order valence-electron chi connectivity index (χ3n) is 2.77. The van der Waals surface area contributed by atoms with E-state index < -0.39 is 10.5 Å². The SMILES string of the molecule is O=c1[nH][nH]c(-c2ccc([N+](=O)[O-])cc2)c1N=Nc1nccs1. The van der Waals surface area contributed by atoms with Crippen molar-refractivity contribution >= 4 is 27.8 Å². The predicted octanol–water partition coefficient (Wildman–Crippen LogP) is 3.15. The van der Waals surface area contributed by atoms with Crippen molar-refractivity contribution in [3.8, 4) is 11.3 Å². The standard InChI is InChI=1S/C12H8N6O3S/c19-11-10(15-17-12-13-5-6-22-12)9(14-16-11)7-1-3-8(4-2-7)18(20)21/h1-6H,(H2,14,16,19). The summed E-state index contributed by atoms with van der Waals surface area (Å²) in [5, 5.41) is 25.7. The van der Waals surface area contributed by atoms with Crippen LogP contribution in [0.3, 0.4) is 0 Å². The molecule has 3 rings (SSSR count). The van der Waals surface area contributed by atoms with E-state index in [4.69, 9.17) is 0 Å². The number of hydrogen-bond acceptors (Lipinski definition) is 7. The monoisotopic (exact) mass is 316 g/mol. The highest BCUT2D eigenvalue weighted by molar-refractivity contribution is 7.13. The number of nitro groups is 1. The quantitative estimate of drug-likeness (QED) is 0.435. The molecule has 1 aromatic carbocycles. The van der Waals surface area contributed by atoms with Crippen LogP contribution in [0.5, 0.6) is 0 Å². The molecule has 0 spiro atoms. The lowest BCUT2D eigenvalue weighted by Gasteiger charge is -1.98. The first-order valence-electron chi connectivity index (χ1n) is 6.02. The number of benzene rings is 1. The van der Waals surface area contributed by atoms with Crippen LogP contribution < -0.4 is 5.56 Å². The van der Waals surface area contributed by atoms with E-state index in [-0.39, 0.29) is 11.4 Å². The number of azo groups is 1. The number of rotatable bonds is 4. The maximum absolute atomic E-state index is 11.8. The molecule has 2 heterocycles. The summed E-state index contributed by atoms with van der Waals surface area (Å²) in [7, 11) is 0. The summed E-state index contributed by atoms with van der Waals surface area (Å²) in [6, 6.07) is 5.75. The van der Waals surface area contributed by atoms with Crippen LogP contribution in [0, 0.1) is 10.1 Å². The fourth-order valence-electron chi connectivity index (χ4n) is 1.76. The molecule has 9 nitrogen and oxygen atoms in total. The topological polar surface area (TPSA) is 129 Å². The first kappa shape index (κ1) is 13.8. The highest BCUT2D eigenvalue weighted by atomic mass is 32.1. The Kier molecular flexibility index (Phi) is 3.58. The number of hydrogen-bond donors (Lipinski definition) is 2. The highest BCUT2D eigenvalue weighted by Crippen LogP contribution is 2.28. The summed E-state index contributed by atoms with van der Waals surface area (Å²) in [6.45, 7) is 0. The Morgan fingerprint density at radius 2 is 1.95 bits per heavy atom. The molecule has 0 bridgehead atoms. The molecule has 0 fully saturated rings. The molecular formula is C12H8N6O3S. The fraction of sp³-hybridized carbons (Fsp3) is 0. The van der Waals surface area contributed by atoms with Gasteiger partial charge in [0.1, 0.15) is 0 Å². The second-order valence-corrected chi connectivity index (χ2v) is 4.99. The van der Waals surface area contributed by atoms with E-state index in [0.29, 0.717) is 16.4 Å². The second-order valence-electron chi connectivity index (χ2n) is 4.12. The van der Waals surface area contributed by atoms with Crippen molar-refractivity contribution in [1.82, 2.24) is 15.2 Å². The first-order chi connectivity index (χ1) is 10.6. The Labute approximate surface area is 126 Å². The zero-order valence-corrected chi connectivity index (χ0v) is 11.7. The summed E-state index contributed by atoms with van der Waals surface area (Å²) in [6.07, 6.45) is 1.58. The lowest BCUT2D eigenvalue weighted by Crippen LogP contribution is -1.96. The molecule has 0 aliphatic carbocycles. The van der Waals surface area contributed by atoms with Crippen molar-refractivity contribution < 1.29 is 4.92 Å². The largest absolute Gasteiger partial charge is 0.295 e. The molecule has 0 unspecified atom stereocenters. The van der Waals surface area contributed by atoms with Gasteiger partial charge in [-0.3, -0.25) is 25.1 Å². The zero-order chi connectivity index (χ0) is 15.5. The van der Waals surface area contributed by atoms with Gasteiger partial charge < -0.3 is 0 Å². The predicted molar refractivity (Wildman–Crippen MR) is 79.8 cm³/mol. The minimum atomic E-state index is -0.493. The Hall–Kier alpha value is -3.14. The number of nitrogens with zero attached hydrogens (tertiary/aromatic N) is 4. The molecule has 10 heteroatoms. The average molecular weight is 316 g/mol. The Balaban J connectivity index is 1.98. The van der Waals surface area contributed by atoms with Gasteiger partial charge in [0.25, 0.3) is 11.2 Å². The van der Waals surface area contributed by atoms with Crippen molar-refractivity contribution in [2.45, 2.75) is 0 Å². The summed E-state index contributed by atoms with van der Waals surface area (Å²) in [4.78, 5) is 25.9. The van der Waals surface area contributed by atoms with Crippen molar-refractivity contribution in [3.63, 3.8) is 0 Å². The fourth-order valence-corrected chi connectivity index (χ4v) is 2.22. The van der Waals surface area contributed by atoms with Gasteiger partial charge in [-0.15, -0.1) is 21.6 Å². The Morgan fingerprint density at radius 3 is 2.59 bits per heavy atom. The van der Waals surface area contributed by atoms with Crippen LogP contribution in [-0.4, -0.2) is 20.1 Å². The summed E-state index contributed by atoms with van der Waals surface area (Å²) in [5.41, 5.74) is 0.600. The molecule has 3 aromatic rings. The molecule has 0 amide bonds. The van der Waals surface area contributed by atoms with Gasteiger partial charge in [-0.25, -0.2) is 4.98 Å². The molecule has 0 aliphatic rings. The van der Waals surface area contributed by atoms with Gasteiger partial charge in [-0.05, 0) is 12.1 Å². The normalized spacial score (nSPS) is 11.1. The van der Waals surface area contributed by atoms with E-state index >= 15 is 0 Å². The zero-order valence-electron chi connectivity index (χ0n) is 10.9. The molecular weight excluding hydrogens is 308 g/mol. The summed E-state index contributed by atoms with van der Waals surface area (Å²) >= 11 is 1.29. The summed E-state index contributed by atoms with van der Waals surface area (Å²) in [5.74, 6) is 0. The van der Waals surface area contributed by atoms with Crippen LogP contribution in [0.2, 0.25) is 0 Å². The van der Waals surface area contributed by atoms with E-state index in [1.165, 1.54) is 35.6 Å². The van der Waals surface area contributed by atoms with Crippen LogP contribution in [0.15, 0.2) is 50.9 Å². The van der Waals surface area contributed by atoms with E-state index in [1.54, 1.807) is 11.6 Å². The molecule has 2 N–H and O–H groups in total. The van der Waals surface area contributed by atoms with Crippen molar-refractivity contribution in [2.24, 2.45) is 10.2 Å². The number of thiazole rings is 1. The molecule has 0 radical (unpaired) electrons. The number of aromatic nitrogens is 3. The van der Waals surface area contributed by atoms with Crippen LogP contribution in [0.4, 0.5) is 16.5 Å². The van der Waals surface area contributed by atoms with Crippen LogP contribution in [-0.2, 0) is 0 Å². The van der Waals surface area contributed by atoms with Gasteiger partial charge in [-0.2, -0.15) is 0 Å². The number of H-pyrrole nitrogens is 2. The van der Waals surface area contributed by atoms with Crippen LogP contribution in [0.25, 0.3) is 11.3 Å². The van der Waals surface area contributed by atoms with E-state index in [2.05, 4.69) is 25.4 Å². The number of nitrogens with one attached hydrogen (secondary N) is 2. The minimum Gasteiger partial charge on any atom is -0.295 e. The second kappa shape index (κ2) is 5.69. The van der Waals surface area contributed by atoms with Crippen molar-refractivity contribution in [1.29, 1.82) is 0 Å². The van der Waals surface area contributed by atoms with Gasteiger partial charge in [0.15, 0.2) is 5.69 Å². The van der Waals surface area contributed by atoms with Gasteiger partial charge in [0.05, 0.1) is 10.6 Å². The molecule has 0 aliphatic heterocycles. The molecule has 110 valence electrons. The molecule has 22 heavy (non-hydrogen) atoms. The van der Waals surface area contributed by atoms with Gasteiger partial charge >= 0.3 is 0 Å². The van der Waals surface area contributed by atoms with Gasteiger partial charge in [0.2, 0.25) is 5.13 Å². The number of nitro benzene ring substituents is 1. The molecule has 0 saturated heterocycles. The molecule has 2 aromatic heterocycles. The highest BCUT2D eigenvalue weighted by Gasteiger charge is 2.13.